The molecule has 0 unspecified atom stereocenters. The van der Waals surface area contributed by atoms with Crippen molar-refractivity contribution in [2.75, 3.05) is 4.90 Å². The van der Waals surface area contributed by atoms with Crippen LogP contribution in [-0.4, -0.2) is 11.3 Å². The lowest BCUT2D eigenvalue weighted by Gasteiger charge is -2.45. The fourth-order valence-electron chi connectivity index (χ4n) is 10.7. The Labute approximate surface area is 332 Å². The van der Waals surface area contributed by atoms with Crippen molar-refractivity contribution in [3.63, 3.8) is 0 Å². The summed E-state index contributed by atoms with van der Waals surface area (Å²) in [5.41, 5.74) is 19.4. The molecule has 274 valence electrons. The fourth-order valence-corrected chi connectivity index (χ4v) is 11.9. The number of hydrogen-bond acceptors (Lipinski definition) is 3. The summed E-state index contributed by atoms with van der Waals surface area (Å²) in [4.78, 5) is 2.68. The van der Waals surface area contributed by atoms with Crippen LogP contribution in [0.15, 0.2) is 108 Å². The Morgan fingerprint density at radius 3 is 2.14 bits per heavy atom. The number of hydrogen-bond donors (Lipinski definition) is 0. The van der Waals surface area contributed by atoms with E-state index >= 15 is 0 Å². The number of aryl methyl sites for hydroxylation is 1. The molecule has 3 aromatic heterocycles. The zero-order chi connectivity index (χ0) is 38.2. The van der Waals surface area contributed by atoms with Crippen molar-refractivity contribution < 1.29 is 4.42 Å². The van der Waals surface area contributed by atoms with Crippen LogP contribution in [0.3, 0.4) is 0 Å². The van der Waals surface area contributed by atoms with E-state index in [-0.39, 0.29) is 23.1 Å². The Morgan fingerprint density at radius 1 is 0.643 bits per heavy atom. The van der Waals surface area contributed by atoms with E-state index in [1.807, 2.05) is 11.3 Å². The van der Waals surface area contributed by atoms with E-state index in [0.717, 1.165) is 11.2 Å². The molecule has 12 rings (SSSR count). The predicted octanol–water partition coefficient (Wildman–Crippen LogP) is 13.3. The Morgan fingerprint density at radius 2 is 1.36 bits per heavy atom. The minimum absolute atomic E-state index is 0.0425. The van der Waals surface area contributed by atoms with Crippen LogP contribution < -0.4 is 15.8 Å². The standard InChI is InChI=1S/C51H45BN2OS/c1-28-22-36-37(51(7,8)21-20-50(36,5)6)26-39(28)53-40-25-34-30-14-10-12-19-43(30)56-44(34)27-38(40)52-45-35(23-29(24-41(45)53)49(2,3)4)31-16-13-17-33-46(31)54(52)47-32-15-9-11-18-42(32)55-48(33)47/h9-19,22-27H,20-21H2,1-8H3. The summed E-state index contributed by atoms with van der Waals surface area (Å²) in [6.07, 6.45) is 2.38. The smallest absolute Gasteiger partial charge is 0.333 e. The number of benzene rings is 6. The van der Waals surface area contributed by atoms with Crippen molar-refractivity contribution in [3.8, 4) is 11.1 Å². The third-order valence-electron chi connectivity index (χ3n) is 13.9. The van der Waals surface area contributed by atoms with Crippen LogP contribution in [0, 0.1) is 6.92 Å². The molecule has 0 amide bonds. The molecule has 9 aromatic rings. The number of aromatic nitrogens is 1. The number of rotatable bonds is 1. The molecule has 6 aromatic carbocycles. The van der Waals surface area contributed by atoms with Gasteiger partial charge in [-0.05, 0) is 123 Å². The first-order chi connectivity index (χ1) is 26.8. The molecule has 0 radical (unpaired) electrons. The topological polar surface area (TPSA) is 21.3 Å². The van der Waals surface area contributed by atoms with E-state index in [2.05, 4.69) is 168 Å². The first-order valence-corrected chi connectivity index (χ1v) is 21.2. The predicted molar refractivity (Wildman–Crippen MR) is 241 cm³/mol. The molecular formula is C51H45BN2OS. The molecule has 5 heterocycles. The molecule has 0 fully saturated rings. The molecule has 3 aliphatic rings. The normalized spacial score (nSPS) is 16.6. The monoisotopic (exact) mass is 744 g/mol. The number of nitrogens with zero attached hydrogens (tertiary/aromatic N) is 2. The highest BCUT2D eigenvalue weighted by Crippen LogP contribution is 2.53. The molecule has 3 nitrogen and oxygen atoms in total. The zero-order valence-electron chi connectivity index (χ0n) is 33.5. The zero-order valence-corrected chi connectivity index (χ0v) is 34.3. The van der Waals surface area contributed by atoms with Gasteiger partial charge < -0.3 is 13.8 Å². The third-order valence-corrected chi connectivity index (χ3v) is 15.0. The van der Waals surface area contributed by atoms with Gasteiger partial charge in [-0.15, -0.1) is 11.3 Å². The van der Waals surface area contributed by atoms with E-state index < -0.39 is 0 Å². The quantitative estimate of drug-likeness (QED) is 0.156. The van der Waals surface area contributed by atoms with Crippen LogP contribution in [0.5, 0.6) is 0 Å². The van der Waals surface area contributed by atoms with Crippen LogP contribution in [0.25, 0.3) is 64.3 Å². The summed E-state index contributed by atoms with van der Waals surface area (Å²) in [6.45, 7) is 19.2. The first kappa shape index (κ1) is 32.9. The van der Waals surface area contributed by atoms with Gasteiger partial charge in [0.25, 0.3) is 0 Å². The van der Waals surface area contributed by atoms with Crippen molar-refractivity contribution in [1.29, 1.82) is 0 Å². The molecule has 0 N–H and O–H groups in total. The molecule has 0 bridgehead atoms. The van der Waals surface area contributed by atoms with Gasteiger partial charge in [-0.2, -0.15) is 0 Å². The average molecular weight is 745 g/mol. The maximum absolute atomic E-state index is 6.81. The van der Waals surface area contributed by atoms with Crippen LogP contribution in [0.2, 0.25) is 0 Å². The Balaban J connectivity index is 1.28. The molecular weight excluding hydrogens is 699 g/mol. The fraction of sp³-hybridized carbons (Fsp3) is 0.255. The van der Waals surface area contributed by atoms with Crippen LogP contribution >= 0.6 is 11.3 Å². The third kappa shape index (κ3) is 4.14. The number of anilines is 3. The van der Waals surface area contributed by atoms with Gasteiger partial charge in [0.15, 0.2) is 5.58 Å². The summed E-state index contributed by atoms with van der Waals surface area (Å²) in [5, 5.41) is 5.01. The lowest BCUT2D eigenvalue weighted by molar-refractivity contribution is 0.332. The Hall–Kier alpha value is -5.26. The SMILES string of the molecule is Cc1cc2c(cc1N1c3cc4c(cc3B3c5c(cc(C(C)(C)C)cc51)-c1cccc5c6oc7ccccc7c6n3c15)sc1ccccc14)C(C)(C)CCC2(C)C. The highest BCUT2D eigenvalue weighted by atomic mass is 32.1. The summed E-state index contributed by atoms with van der Waals surface area (Å²) >= 11 is 1.92. The van der Waals surface area contributed by atoms with E-state index in [9.17, 15) is 0 Å². The number of furan rings is 1. The summed E-state index contributed by atoms with van der Waals surface area (Å²) < 4.78 is 12.1. The van der Waals surface area contributed by atoms with E-state index in [4.69, 9.17) is 4.42 Å². The second-order valence-electron chi connectivity index (χ2n) is 19.2. The molecule has 0 atom stereocenters. The van der Waals surface area contributed by atoms with Gasteiger partial charge in [0, 0.05) is 59.1 Å². The maximum Gasteiger partial charge on any atom is 0.333 e. The van der Waals surface area contributed by atoms with Gasteiger partial charge in [-0.3, -0.25) is 0 Å². The van der Waals surface area contributed by atoms with Gasteiger partial charge in [0.1, 0.15) is 5.58 Å². The number of para-hydroxylation sites is 2. The molecule has 5 heteroatoms. The van der Waals surface area contributed by atoms with Crippen molar-refractivity contribution in [2.45, 2.75) is 84.5 Å². The Bertz CT molecular complexity index is 3220. The maximum atomic E-state index is 6.81. The van der Waals surface area contributed by atoms with Crippen molar-refractivity contribution in [2.24, 2.45) is 0 Å². The minimum Gasteiger partial charge on any atom is -0.454 e. The van der Waals surface area contributed by atoms with Gasteiger partial charge in [0.05, 0.1) is 5.52 Å². The van der Waals surface area contributed by atoms with Gasteiger partial charge in [-0.25, -0.2) is 0 Å². The van der Waals surface area contributed by atoms with Crippen molar-refractivity contribution in [1.82, 2.24) is 4.48 Å². The number of fused-ring (bicyclic) bond motifs is 13. The second kappa shape index (κ2) is 10.6. The van der Waals surface area contributed by atoms with Crippen LogP contribution in [0.4, 0.5) is 17.1 Å². The van der Waals surface area contributed by atoms with Crippen molar-refractivity contribution >= 4 is 99.3 Å². The summed E-state index contributed by atoms with van der Waals surface area (Å²) in [6, 6.07) is 39.7. The molecule has 1 aliphatic carbocycles. The van der Waals surface area contributed by atoms with Crippen LogP contribution in [0.1, 0.15) is 83.6 Å². The first-order valence-electron chi connectivity index (χ1n) is 20.3. The second-order valence-corrected chi connectivity index (χ2v) is 20.3. The van der Waals surface area contributed by atoms with E-state index in [1.165, 1.54) is 116 Å². The van der Waals surface area contributed by atoms with E-state index in [0.29, 0.717) is 0 Å². The Kier molecular flexibility index (Phi) is 6.22. The lowest BCUT2D eigenvalue weighted by atomic mass is 9.44. The molecule has 0 spiro atoms. The van der Waals surface area contributed by atoms with E-state index in [1.54, 1.807) is 0 Å². The molecule has 0 saturated heterocycles. The largest absolute Gasteiger partial charge is 0.454 e. The van der Waals surface area contributed by atoms with Gasteiger partial charge in [-0.1, -0.05) is 103 Å². The molecule has 0 saturated carbocycles. The van der Waals surface area contributed by atoms with Crippen molar-refractivity contribution in [3.05, 3.63) is 125 Å². The van der Waals surface area contributed by atoms with Crippen LogP contribution in [-0.2, 0) is 16.2 Å². The average Bonchev–Trinajstić information content (AvgIpc) is 3.83. The summed E-state index contributed by atoms with van der Waals surface area (Å²) in [7, 11) is 0. The highest BCUT2D eigenvalue weighted by molar-refractivity contribution is 7.26. The minimum atomic E-state index is -0.0610. The molecule has 2 aliphatic heterocycles. The van der Waals surface area contributed by atoms with Gasteiger partial charge in [0.2, 0.25) is 0 Å². The molecule has 56 heavy (non-hydrogen) atoms. The highest BCUT2D eigenvalue weighted by Gasteiger charge is 2.46. The lowest BCUT2D eigenvalue weighted by Crippen LogP contribution is -2.57. The summed E-state index contributed by atoms with van der Waals surface area (Å²) in [5.74, 6) is 0. The number of thiophene rings is 1. The van der Waals surface area contributed by atoms with Gasteiger partial charge >= 0.3 is 6.85 Å².